The second-order valence-corrected chi connectivity index (χ2v) is 9.26. The highest BCUT2D eigenvalue weighted by Crippen LogP contribution is 2.34. The highest BCUT2D eigenvalue weighted by Gasteiger charge is 2.27. The van der Waals surface area contributed by atoms with Crippen molar-refractivity contribution in [1.82, 2.24) is 39.4 Å². The van der Waals surface area contributed by atoms with Gasteiger partial charge in [-0.15, -0.1) is 0 Å². The molecule has 5 heterocycles. The van der Waals surface area contributed by atoms with Crippen molar-refractivity contribution in [3.8, 4) is 34.3 Å². The van der Waals surface area contributed by atoms with Crippen LogP contribution in [0.25, 0.3) is 28.6 Å². The molecule has 12 heteroatoms. The Hall–Kier alpha value is -4.58. The van der Waals surface area contributed by atoms with Gasteiger partial charge in [0.05, 0.1) is 37.3 Å². The molecular formula is C26H24FN9O2. The molecule has 192 valence electrons. The van der Waals surface area contributed by atoms with Gasteiger partial charge in [-0.25, -0.2) is 19.0 Å². The lowest BCUT2D eigenvalue weighted by Gasteiger charge is -2.35. The Morgan fingerprint density at radius 3 is 2.76 bits per heavy atom. The molecule has 38 heavy (non-hydrogen) atoms. The first kappa shape index (κ1) is 22.6. The topological polar surface area (TPSA) is 103 Å². The Morgan fingerprint density at radius 2 is 1.89 bits per heavy atom. The number of benzene rings is 2. The van der Waals surface area contributed by atoms with Crippen LogP contribution >= 0.6 is 0 Å². The predicted molar refractivity (Wildman–Crippen MR) is 135 cm³/mol. The molecule has 2 aromatic carbocycles. The molecule has 11 nitrogen and oxygen atoms in total. The summed E-state index contributed by atoms with van der Waals surface area (Å²) >= 11 is 0. The van der Waals surface area contributed by atoms with Crippen LogP contribution in [0.5, 0.6) is 5.75 Å². The fourth-order valence-electron chi connectivity index (χ4n) is 5.19. The number of ether oxygens (including phenoxy) is 1. The molecule has 2 aliphatic rings. The van der Waals surface area contributed by atoms with Crippen LogP contribution in [0.4, 0.5) is 10.1 Å². The number of halogens is 1. The molecule has 2 aliphatic heterocycles. The summed E-state index contributed by atoms with van der Waals surface area (Å²) in [6.07, 6.45) is 3.16. The quantitative estimate of drug-likeness (QED) is 0.344. The minimum atomic E-state index is -0.339. The van der Waals surface area contributed by atoms with Crippen molar-refractivity contribution in [3.05, 3.63) is 72.5 Å². The van der Waals surface area contributed by atoms with Crippen LogP contribution < -0.4 is 9.64 Å². The number of piperazine rings is 1. The largest absolute Gasteiger partial charge is 0.495 e. The third-order valence-corrected chi connectivity index (χ3v) is 7.08. The average molecular weight is 514 g/mol. The second-order valence-electron chi connectivity index (χ2n) is 9.26. The van der Waals surface area contributed by atoms with Crippen LogP contribution in [0.15, 0.2) is 59.6 Å². The number of fused-ring (bicyclic) bond motifs is 5. The van der Waals surface area contributed by atoms with Gasteiger partial charge in [-0.1, -0.05) is 17.3 Å². The van der Waals surface area contributed by atoms with Crippen molar-refractivity contribution in [3.63, 3.8) is 0 Å². The highest BCUT2D eigenvalue weighted by molar-refractivity contribution is 5.70. The molecule has 0 saturated carbocycles. The summed E-state index contributed by atoms with van der Waals surface area (Å²) in [5.41, 5.74) is 3.93. The third-order valence-electron chi connectivity index (χ3n) is 7.08. The van der Waals surface area contributed by atoms with Gasteiger partial charge in [-0.3, -0.25) is 9.47 Å². The number of methoxy groups -OCH3 is 1. The zero-order chi connectivity index (χ0) is 25.6. The number of rotatable bonds is 5. The zero-order valence-electron chi connectivity index (χ0n) is 20.7. The van der Waals surface area contributed by atoms with Crippen LogP contribution in [0.2, 0.25) is 0 Å². The van der Waals surface area contributed by atoms with E-state index in [1.807, 2.05) is 22.8 Å². The number of para-hydroxylation sites is 2. The summed E-state index contributed by atoms with van der Waals surface area (Å²) in [4.78, 5) is 18.2. The first-order valence-corrected chi connectivity index (χ1v) is 12.4. The molecule has 0 amide bonds. The van der Waals surface area contributed by atoms with E-state index in [1.54, 1.807) is 24.2 Å². The number of nitrogens with zero attached hydrogens (tertiary/aromatic N) is 9. The molecule has 0 N–H and O–H groups in total. The summed E-state index contributed by atoms with van der Waals surface area (Å²) in [6, 6.07) is 12.7. The van der Waals surface area contributed by atoms with E-state index in [9.17, 15) is 4.39 Å². The zero-order valence-corrected chi connectivity index (χ0v) is 20.7. The molecule has 7 rings (SSSR count). The van der Waals surface area contributed by atoms with Gasteiger partial charge in [0.1, 0.15) is 29.9 Å². The Labute approximate surface area is 217 Å². The number of hydrogen-bond donors (Lipinski definition) is 0. The lowest BCUT2D eigenvalue weighted by Crippen LogP contribution is -2.46. The summed E-state index contributed by atoms with van der Waals surface area (Å²) in [5.74, 6) is 2.08. The maximum absolute atomic E-state index is 14.1. The van der Waals surface area contributed by atoms with Gasteiger partial charge < -0.3 is 14.2 Å². The van der Waals surface area contributed by atoms with Gasteiger partial charge in [0, 0.05) is 31.7 Å². The Kier molecular flexibility index (Phi) is 5.39. The van der Waals surface area contributed by atoms with Gasteiger partial charge in [0.15, 0.2) is 5.82 Å². The van der Waals surface area contributed by atoms with E-state index < -0.39 is 0 Å². The summed E-state index contributed by atoms with van der Waals surface area (Å²) in [6.45, 7) is 4.40. The fourth-order valence-corrected chi connectivity index (χ4v) is 5.19. The van der Waals surface area contributed by atoms with E-state index in [1.165, 1.54) is 18.5 Å². The van der Waals surface area contributed by atoms with Crippen LogP contribution in [0.1, 0.15) is 11.6 Å². The molecular weight excluding hydrogens is 489 g/mol. The molecule has 1 saturated heterocycles. The Morgan fingerprint density at radius 1 is 1.03 bits per heavy atom. The van der Waals surface area contributed by atoms with Gasteiger partial charge >= 0.3 is 0 Å². The summed E-state index contributed by atoms with van der Waals surface area (Å²) in [5, 5.41) is 8.58. The maximum atomic E-state index is 14.1. The fraction of sp³-hybridized carbons (Fsp3) is 0.269. The molecule has 0 aliphatic carbocycles. The smallest absolute Gasteiger partial charge is 0.241 e. The third kappa shape index (κ3) is 3.80. The van der Waals surface area contributed by atoms with Gasteiger partial charge in [0.25, 0.3) is 0 Å². The van der Waals surface area contributed by atoms with E-state index in [0.717, 1.165) is 49.0 Å². The lowest BCUT2D eigenvalue weighted by molar-refractivity contribution is 0.215. The van der Waals surface area contributed by atoms with Crippen molar-refractivity contribution in [1.29, 1.82) is 0 Å². The maximum Gasteiger partial charge on any atom is 0.241 e. The van der Waals surface area contributed by atoms with Crippen molar-refractivity contribution in [2.75, 3.05) is 38.2 Å². The molecule has 0 spiro atoms. The molecule has 5 aromatic rings. The van der Waals surface area contributed by atoms with Crippen molar-refractivity contribution in [2.45, 2.75) is 13.1 Å². The summed E-state index contributed by atoms with van der Waals surface area (Å²) in [7, 11) is 1.70. The molecule has 0 bridgehead atoms. The van der Waals surface area contributed by atoms with E-state index in [-0.39, 0.29) is 5.82 Å². The molecule has 0 radical (unpaired) electrons. The van der Waals surface area contributed by atoms with E-state index >= 15 is 0 Å². The number of imidazole rings is 1. The van der Waals surface area contributed by atoms with E-state index in [4.69, 9.17) is 9.26 Å². The minimum absolute atomic E-state index is 0.339. The van der Waals surface area contributed by atoms with E-state index in [0.29, 0.717) is 41.9 Å². The van der Waals surface area contributed by atoms with Crippen molar-refractivity contribution >= 4 is 5.69 Å². The van der Waals surface area contributed by atoms with Crippen molar-refractivity contribution < 1.29 is 13.7 Å². The van der Waals surface area contributed by atoms with E-state index in [2.05, 4.69) is 41.1 Å². The second kappa shape index (κ2) is 9.06. The standard InChI is InChI=1S/C26H24FN9O2/c1-37-22-5-3-2-4-20(22)34-10-8-33(9-11-34)14-23-31-25(32-38-23)24-21-13-36-26(28-15-30-36)18-12-17(27)6-7-19(18)35(21)16-29-24/h2-7,12,15-16H,8-11,13-14H2,1H3. The normalized spacial score (nSPS) is 15.1. The SMILES string of the molecule is COc1ccccc1N1CCN(Cc2nc(-c3ncn4c3Cn3ncnc3-c3cc(F)ccc3-4)no2)CC1. The average Bonchev–Trinajstić information content (AvgIpc) is 3.68. The highest BCUT2D eigenvalue weighted by atomic mass is 19.1. The van der Waals surface area contributed by atoms with Gasteiger partial charge in [-0.2, -0.15) is 10.1 Å². The lowest BCUT2D eigenvalue weighted by atomic mass is 10.1. The minimum Gasteiger partial charge on any atom is -0.495 e. The molecule has 0 unspecified atom stereocenters. The van der Waals surface area contributed by atoms with Gasteiger partial charge in [-0.05, 0) is 30.3 Å². The number of aromatic nitrogens is 7. The van der Waals surface area contributed by atoms with Gasteiger partial charge in [0.2, 0.25) is 11.7 Å². The van der Waals surface area contributed by atoms with Crippen LogP contribution in [-0.4, -0.2) is 72.6 Å². The molecule has 3 aromatic heterocycles. The summed E-state index contributed by atoms with van der Waals surface area (Å²) < 4.78 is 28.9. The predicted octanol–water partition coefficient (Wildman–Crippen LogP) is 3.01. The first-order chi connectivity index (χ1) is 18.7. The van der Waals surface area contributed by atoms with Crippen LogP contribution in [0.3, 0.4) is 0 Å². The van der Waals surface area contributed by atoms with Crippen LogP contribution in [-0.2, 0) is 13.1 Å². The monoisotopic (exact) mass is 513 g/mol. The molecule has 0 atom stereocenters. The molecule has 1 fully saturated rings. The Bertz CT molecular complexity index is 1620. The van der Waals surface area contributed by atoms with Crippen molar-refractivity contribution in [2.24, 2.45) is 0 Å². The Balaban J connectivity index is 1.11. The number of hydrogen-bond acceptors (Lipinski definition) is 9. The van der Waals surface area contributed by atoms with Crippen LogP contribution in [0, 0.1) is 5.82 Å². The first-order valence-electron chi connectivity index (χ1n) is 12.4. The number of anilines is 1.